The molecule has 6 nitrogen and oxygen atoms in total. The van der Waals surface area contributed by atoms with E-state index < -0.39 is 17.0 Å². The molecule has 2 aromatic heterocycles. The number of Topliss-reactive ketones (excluding diaryl/α,β-unsaturated/α-hetero) is 1. The number of benzene rings is 1. The van der Waals surface area contributed by atoms with E-state index in [1.54, 1.807) is 17.4 Å². The molecule has 35 heavy (non-hydrogen) atoms. The summed E-state index contributed by atoms with van der Waals surface area (Å²) < 4.78 is 11.5. The Morgan fingerprint density at radius 2 is 2.03 bits per heavy atom. The van der Waals surface area contributed by atoms with Gasteiger partial charge in [0, 0.05) is 30.6 Å². The van der Waals surface area contributed by atoms with Crippen LogP contribution in [0, 0.1) is 5.92 Å². The number of nitrogens with one attached hydrogen (secondary N) is 1. The molecule has 3 unspecified atom stereocenters. The zero-order valence-corrected chi connectivity index (χ0v) is 21.5. The summed E-state index contributed by atoms with van der Waals surface area (Å²) in [6.45, 7) is 2.11. The molecule has 2 fully saturated rings. The fourth-order valence-corrected chi connectivity index (χ4v) is 6.60. The van der Waals surface area contributed by atoms with Crippen molar-refractivity contribution in [2.45, 2.75) is 41.2 Å². The summed E-state index contributed by atoms with van der Waals surface area (Å²) in [4.78, 5) is 19.1. The third-order valence-electron chi connectivity index (χ3n) is 6.51. The van der Waals surface area contributed by atoms with Gasteiger partial charge >= 0.3 is 0 Å². The van der Waals surface area contributed by atoms with Crippen LogP contribution < -0.4 is 10.1 Å². The van der Waals surface area contributed by atoms with E-state index in [0.717, 1.165) is 36.5 Å². The van der Waals surface area contributed by atoms with Gasteiger partial charge in [0.2, 0.25) is 5.88 Å². The first-order chi connectivity index (χ1) is 17.0. The normalized spacial score (nSPS) is 25.5. The van der Waals surface area contributed by atoms with Crippen LogP contribution in [0.2, 0.25) is 5.02 Å². The van der Waals surface area contributed by atoms with Gasteiger partial charge in [-0.05, 0) is 59.3 Å². The smallest absolute Gasteiger partial charge is 0.213 e. The molecule has 3 aromatic rings. The fourth-order valence-electron chi connectivity index (χ4n) is 4.58. The van der Waals surface area contributed by atoms with Gasteiger partial charge in [0.05, 0.1) is 22.9 Å². The molecule has 3 atom stereocenters. The number of nitrogens with zero attached hydrogens (tertiary/aromatic N) is 1. The number of aliphatic hydroxyl groups is 1. The molecule has 0 saturated carbocycles. The molecule has 0 radical (unpaired) electrons. The number of ether oxygens (including phenoxy) is 2. The molecule has 2 N–H and O–H groups in total. The maximum Gasteiger partial charge on any atom is 0.213 e. The lowest BCUT2D eigenvalue weighted by atomic mass is 9.79. The summed E-state index contributed by atoms with van der Waals surface area (Å²) in [7, 11) is 0. The quantitative estimate of drug-likeness (QED) is 0.450. The third-order valence-corrected chi connectivity index (χ3v) is 9.02. The average Bonchev–Trinajstić information content (AvgIpc) is 3.42. The molecular weight excluding hydrogens is 504 g/mol. The molecule has 1 aromatic carbocycles. The second kappa shape index (κ2) is 11.0. The minimum Gasteiger partial charge on any atom is -0.477 e. The zero-order valence-electron chi connectivity index (χ0n) is 19.1. The van der Waals surface area contributed by atoms with Crippen LogP contribution in [0.5, 0.6) is 5.88 Å². The Morgan fingerprint density at radius 3 is 2.77 bits per heavy atom. The largest absolute Gasteiger partial charge is 0.477 e. The third kappa shape index (κ3) is 5.43. The highest BCUT2D eigenvalue weighted by atomic mass is 35.5. The van der Waals surface area contributed by atoms with Gasteiger partial charge in [-0.3, -0.25) is 10.1 Å². The van der Waals surface area contributed by atoms with Gasteiger partial charge in [-0.15, -0.1) is 11.8 Å². The number of thioether (sulfide) groups is 1. The number of ketones is 1. The Morgan fingerprint density at radius 1 is 1.20 bits per heavy atom. The number of rotatable bonds is 7. The molecule has 2 aliphatic heterocycles. The molecule has 0 spiro atoms. The summed E-state index contributed by atoms with van der Waals surface area (Å²) >= 11 is 9.13. The summed E-state index contributed by atoms with van der Waals surface area (Å²) in [6, 6.07) is 14.9. The van der Waals surface area contributed by atoms with Crippen molar-refractivity contribution in [1.82, 2.24) is 10.3 Å². The Labute approximate surface area is 218 Å². The number of thiophene rings is 1. The summed E-state index contributed by atoms with van der Waals surface area (Å²) in [6.07, 6.45) is 1.02. The lowest BCUT2D eigenvalue weighted by Crippen LogP contribution is -2.60. The van der Waals surface area contributed by atoms with Gasteiger partial charge in [-0.25, -0.2) is 4.98 Å². The minimum atomic E-state index is -1.09. The van der Waals surface area contributed by atoms with E-state index in [4.69, 9.17) is 26.1 Å². The van der Waals surface area contributed by atoms with E-state index in [2.05, 4.69) is 5.32 Å². The van der Waals surface area contributed by atoms with Crippen LogP contribution >= 0.6 is 34.7 Å². The van der Waals surface area contributed by atoms with E-state index in [9.17, 15) is 9.90 Å². The zero-order chi connectivity index (χ0) is 24.3. The lowest BCUT2D eigenvalue weighted by Gasteiger charge is -2.42. The van der Waals surface area contributed by atoms with Crippen molar-refractivity contribution in [3.63, 3.8) is 0 Å². The highest BCUT2D eigenvalue weighted by molar-refractivity contribution is 8.00. The van der Waals surface area contributed by atoms with E-state index in [-0.39, 0.29) is 12.2 Å². The minimum absolute atomic E-state index is 0.0669. The van der Waals surface area contributed by atoms with Gasteiger partial charge in [-0.2, -0.15) is 11.3 Å². The molecule has 9 heteroatoms. The fraction of sp³-hybridized carbons (Fsp3) is 0.385. The van der Waals surface area contributed by atoms with Crippen LogP contribution in [0.1, 0.15) is 30.5 Å². The van der Waals surface area contributed by atoms with Gasteiger partial charge in [0.15, 0.2) is 5.78 Å². The molecule has 0 bridgehead atoms. The lowest BCUT2D eigenvalue weighted by molar-refractivity contribution is -0.125. The predicted octanol–water partition coefficient (Wildman–Crippen LogP) is 4.89. The maximum atomic E-state index is 13.5. The molecule has 184 valence electrons. The predicted molar refractivity (Wildman–Crippen MR) is 138 cm³/mol. The standard InChI is InChI=1S/C26H27ClN2O4S2/c27-19-4-1-2-5-21(19)35-24-20(30)14-26(29-25(24)31,18-10-13-34-16-18)22-6-3-7-23(28-22)33-15-17-8-11-32-12-9-17/h1-7,10,13,16-17,24-25,29,31H,8-9,11-12,14-15H2. The number of halogens is 1. The van der Waals surface area contributed by atoms with Gasteiger partial charge < -0.3 is 14.6 Å². The SMILES string of the molecule is O=C1CC(c2ccsc2)(c2cccc(OCC3CCOCC3)n2)NC(O)C1Sc1ccccc1Cl. The van der Waals surface area contributed by atoms with Crippen LogP contribution in [0.3, 0.4) is 0 Å². The van der Waals surface area contributed by atoms with Crippen LogP contribution in [-0.4, -0.2) is 47.2 Å². The van der Waals surface area contributed by atoms with E-state index in [1.807, 2.05) is 53.2 Å². The Balaban J connectivity index is 1.40. The van der Waals surface area contributed by atoms with Crippen molar-refractivity contribution in [2.75, 3.05) is 19.8 Å². The van der Waals surface area contributed by atoms with E-state index in [0.29, 0.717) is 29.1 Å². The monoisotopic (exact) mass is 530 g/mol. The highest BCUT2D eigenvalue weighted by Crippen LogP contribution is 2.42. The van der Waals surface area contributed by atoms with Crippen LogP contribution in [-0.2, 0) is 15.1 Å². The van der Waals surface area contributed by atoms with Crippen molar-refractivity contribution in [3.05, 3.63) is 75.6 Å². The van der Waals surface area contributed by atoms with Gasteiger partial charge in [-0.1, -0.05) is 29.8 Å². The number of carbonyl (C=O) groups excluding carboxylic acids is 1. The van der Waals surface area contributed by atoms with Crippen molar-refractivity contribution in [3.8, 4) is 5.88 Å². The second-order valence-corrected chi connectivity index (χ2v) is 11.2. The van der Waals surface area contributed by atoms with Gasteiger partial charge in [0.1, 0.15) is 11.5 Å². The second-order valence-electron chi connectivity index (χ2n) is 8.85. The van der Waals surface area contributed by atoms with Gasteiger partial charge in [0.25, 0.3) is 0 Å². The van der Waals surface area contributed by atoms with Crippen LogP contribution in [0.4, 0.5) is 0 Å². The van der Waals surface area contributed by atoms with Crippen LogP contribution in [0.25, 0.3) is 0 Å². The molecule has 2 saturated heterocycles. The topological polar surface area (TPSA) is 80.7 Å². The first-order valence-corrected chi connectivity index (χ1v) is 13.9. The van der Waals surface area contributed by atoms with E-state index in [1.165, 1.54) is 11.8 Å². The van der Waals surface area contributed by atoms with Crippen LogP contribution in [0.15, 0.2) is 64.2 Å². The summed E-state index contributed by atoms with van der Waals surface area (Å²) in [5.74, 6) is 0.890. The van der Waals surface area contributed by atoms with E-state index >= 15 is 0 Å². The Kier molecular flexibility index (Phi) is 7.77. The molecule has 0 aliphatic carbocycles. The molecule has 0 amide bonds. The average molecular weight is 531 g/mol. The number of piperidine rings is 1. The number of aliphatic hydroxyl groups excluding tert-OH is 1. The molecule has 4 heterocycles. The Hall–Kier alpha value is -1.94. The summed E-state index contributed by atoms with van der Waals surface area (Å²) in [5, 5.41) is 18.3. The Bertz CT molecular complexity index is 1160. The number of carbonyl (C=O) groups is 1. The maximum absolute atomic E-state index is 13.5. The highest BCUT2D eigenvalue weighted by Gasteiger charge is 2.48. The molecule has 2 aliphatic rings. The van der Waals surface area contributed by atoms with Crippen molar-refractivity contribution in [1.29, 1.82) is 0 Å². The number of pyridine rings is 1. The first kappa shape index (κ1) is 24.7. The first-order valence-electron chi connectivity index (χ1n) is 11.7. The summed E-state index contributed by atoms with van der Waals surface area (Å²) in [5.41, 5.74) is 0.589. The van der Waals surface area contributed by atoms with Crippen molar-refractivity contribution in [2.24, 2.45) is 5.92 Å². The van der Waals surface area contributed by atoms with Crippen molar-refractivity contribution >= 4 is 40.5 Å². The van der Waals surface area contributed by atoms with Crippen molar-refractivity contribution < 1.29 is 19.4 Å². The molecule has 5 rings (SSSR count). The number of hydrogen-bond acceptors (Lipinski definition) is 8. The number of aromatic nitrogens is 1. The molecular formula is C26H27ClN2O4S2. The number of hydrogen-bond donors (Lipinski definition) is 2.